The summed E-state index contributed by atoms with van der Waals surface area (Å²) in [7, 11) is 0. The van der Waals surface area contributed by atoms with Crippen LogP contribution in [0.25, 0.3) is 0 Å². The number of carbonyl (C=O) groups is 2. The van der Waals surface area contributed by atoms with Crippen LogP contribution in [0.5, 0.6) is 5.75 Å². The van der Waals surface area contributed by atoms with E-state index in [4.69, 9.17) is 0 Å². The monoisotopic (exact) mass is 395 g/mol. The smallest absolute Gasteiger partial charge is 0.387 e. The van der Waals surface area contributed by atoms with E-state index in [-0.39, 0.29) is 11.3 Å². The molecule has 1 N–H and O–H groups in total. The van der Waals surface area contributed by atoms with E-state index in [9.17, 15) is 27.2 Å². The Labute approximate surface area is 156 Å². The highest BCUT2D eigenvalue weighted by Gasteiger charge is 2.49. The fraction of sp³-hybridized carbons (Fsp3) is 0.167. The summed E-state index contributed by atoms with van der Waals surface area (Å²) in [4.78, 5) is 24.8. The van der Waals surface area contributed by atoms with Crippen molar-refractivity contribution in [2.45, 2.75) is 19.1 Å². The second-order valence-corrected chi connectivity index (χ2v) is 5.95. The number of nitrogens with zero attached hydrogens (tertiary/aromatic N) is 2. The second kappa shape index (κ2) is 7.29. The van der Waals surface area contributed by atoms with Crippen LogP contribution in [0.1, 0.15) is 18.1 Å². The Morgan fingerprint density at radius 1 is 1.11 bits per heavy atom. The molecule has 3 amide bonds. The minimum atomic E-state index is -3.00. The predicted octanol–water partition coefficient (Wildman–Crippen LogP) is 3.37. The highest BCUT2D eigenvalue weighted by Crippen LogP contribution is 2.30. The Morgan fingerprint density at radius 3 is 2.29 bits per heavy atom. The normalized spacial score (nSPS) is 19.6. The van der Waals surface area contributed by atoms with Gasteiger partial charge in [-0.1, -0.05) is 18.2 Å². The number of urea groups is 1. The van der Waals surface area contributed by atoms with Crippen LogP contribution in [0, 0.1) is 11.6 Å². The van der Waals surface area contributed by atoms with E-state index in [0.29, 0.717) is 5.01 Å². The molecule has 0 saturated carbocycles. The van der Waals surface area contributed by atoms with Gasteiger partial charge in [0, 0.05) is 0 Å². The van der Waals surface area contributed by atoms with Crippen LogP contribution < -0.4 is 10.1 Å². The molecule has 0 aromatic heterocycles. The van der Waals surface area contributed by atoms with Gasteiger partial charge < -0.3 is 10.1 Å². The summed E-state index contributed by atoms with van der Waals surface area (Å²) in [5.41, 5.74) is -1.78. The lowest BCUT2D eigenvalue weighted by molar-refractivity contribution is -0.131. The quantitative estimate of drug-likeness (QED) is 0.480. The second-order valence-electron chi connectivity index (χ2n) is 5.95. The van der Waals surface area contributed by atoms with Crippen LogP contribution in [0.2, 0.25) is 0 Å². The predicted molar refractivity (Wildman–Crippen MR) is 89.8 cm³/mol. The van der Waals surface area contributed by atoms with Crippen molar-refractivity contribution in [1.82, 2.24) is 10.3 Å². The van der Waals surface area contributed by atoms with Crippen molar-refractivity contribution >= 4 is 18.2 Å². The van der Waals surface area contributed by atoms with Crippen LogP contribution in [-0.4, -0.2) is 29.8 Å². The molecule has 3 rings (SSSR count). The van der Waals surface area contributed by atoms with Gasteiger partial charge in [0.1, 0.15) is 22.9 Å². The molecule has 1 unspecified atom stereocenters. The van der Waals surface area contributed by atoms with Crippen LogP contribution in [0.4, 0.5) is 22.4 Å². The number of amides is 3. The standard InChI is InChI=1S/C18H13F4N3O3/c1-18(10-5-7-11(8-6-10)28-16(21)22)15(26)25(17(27)24-18)23-9-12-13(19)3-2-4-14(12)20/h2-9,16H,1H3,(H,24,27)/b23-9+. The highest BCUT2D eigenvalue weighted by atomic mass is 19.3. The molecular formula is C18H13F4N3O3. The first kappa shape index (κ1) is 19.3. The lowest BCUT2D eigenvalue weighted by atomic mass is 9.92. The third-order valence-corrected chi connectivity index (χ3v) is 4.13. The summed E-state index contributed by atoms with van der Waals surface area (Å²) in [6, 6.07) is 7.36. The number of hydrogen-bond acceptors (Lipinski definition) is 4. The van der Waals surface area contributed by atoms with Gasteiger partial charge in [0.25, 0.3) is 5.91 Å². The number of benzene rings is 2. The number of halogens is 4. The lowest BCUT2D eigenvalue weighted by Gasteiger charge is -2.21. The van der Waals surface area contributed by atoms with Gasteiger partial charge in [-0.2, -0.15) is 13.9 Å². The first-order valence-corrected chi connectivity index (χ1v) is 7.92. The summed E-state index contributed by atoms with van der Waals surface area (Å²) >= 11 is 0. The molecule has 0 radical (unpaired) electrons. The van der Waals surface area contributed by atoms with Gasteiger partial charge in [-0.25, -0.2) is 13.6 Å². The first-order valence-electron chi connectivity index (χ1n) is 7.92. The Kier molecular flexibility index (Phi) is 5.04. The number of alkyl halides is 2. The van der Waals surface area contributed by atoms with E-state index < -0.39 is 41.3 Å². The van der Waals surface area contributed by atoms with Crippen molar-refractivity contribution in [1.29, 1.82) is 0 Å². The number of ether oxygens (including phenoxy) is 1. The first-order chi connectivity index (χ1) is 13.2. The van der Waals surface area contributed by atoms with Gasteiger partial charge in [-0.05, 0) is 36.8 Å². The molecule has 146 valence electrons. The van der Waals surface area contributed by atoms with Gasteiger partial charge in [0.05, 0.1) is 11.8 Å². The van der Waals surface area contributed by atoms with E-state index >= 15 is 0 Å². The number of nitrogens with one attached hydrogen (secondary N) is 1. The Morgan fingerprint density at radius 2 is 1.71 bits per heavy atom. The molecule has 1 fully saturated rings. The van der Waals surface area contributed by atoms with Crippen molar-refractivity contribution in [3.05, 3.63) is 65.2 Å². The zero-order valence-electron chi connectivity index (χ0n) is 14.3. The van der Waals surface area contributed by atoms with Crippen molar-refractivity contribution in [2.75, 3.05) is 0 Å². The van der Waals surface area contributed by atoms with Gasteiger partial charge in [0.2, 0.25) is 0 Å². The number of rotatable bonds is 5. The minimum Gasteiger partial charge on any atom is -0.435 e. The molecule has 0 aliphatic carbocycles. The van der Waals surface area contributed by atoms with E-state index in [2.05, 4.69) is 15.2 Å². The maximum absolute atomic E-state index is 13.7. The summed E-state index contributed by atoms with van der Waals surface area (Å²) in [5.74, 6) is -2.75. The lowest BCUT2D eigenvalue weighted by Crippen LogP contribution is -2.40. The zero-order valence-corrected chi connectivity index (χ0v) is 14.3. The molecule has 1 atom stereocenters. The number of carbonyl (C=O) groups excluding carboxylic acids is 2. The maximum Gasteiger partial charge on any atom is 0.387 e. The molecule has 2 aromatic rings. The van der Waals surface area contributed by atoms with Gasteiger partial charge >= 0.3 is 12.6 Å². The molecule has 0 bridgehead atoms. The van der Waals surface area contributed by atoms with Crippen molar-refractivity contribution in [3.8, 4) is 5.75 Å². The highest BCUT2D eigenvalue weighted by molar-refractivity contribution is 6.07. The van der Waals surface area contributed by atoms with Crippen LogP contribution in [0.3, 0.4) is 0 Å². The molecule has 1 saturated heterocycles. The van der Waals surface area contributed by atoms with E-state index in [0.717, 1.165) is 24.4 Å². The molecule has 10 heteroatoms. The van der Waals surface area contributed by atoms with Gasteiger partial charge in [-0.15, -0.1) is 5.01 Å². The molecule has 1 aliphatic heterocycles. The van der Waals surface area contributed by atoms with E-state index in [1.807, 2.05) is 0 Å². The summed E-state index contributed by atoms with van der Waals surface area (Å²) in [6.07, 6.45) is 0.730. The molecule has 1 heterocycles. The fourth-order valence-corrected chi connectivity index (χ4v) is 2.64. The number of hydrogen-bond donors (Lipinski definition) is 1. The Balaban J connectivity index is 1.85. The summed E-state index contributed by atoms with van der Waals surface area (Å²) < 4.78 is 56.0. The molecule has 2 aromatic carbocycles. The average molecular weight is 395 g/mol. The van der Waals surface area contributed by atoms with Crippen molar-refractivity contribution in [2.24, 2.45) is 5.10 Å². The van der Waals surface area contributed by atoms with E-state index in [1.54, 1.807) is 0 Å². The van der Waals surface area contributed by atoms with Crippen molar-refractivity contribution in [3.63, 3.8) is 0 Å². The minimum absolute atomic E-state index is 0.121. The fourth-order valence-electron chi connectivity index (χ4n) is 2.64. The summed E-state index contributed by atoms with van der Waals surface area (Å²) in [5, 5.41) is 6.46. The SMILES string of the molecule is CC1(c2ccc(OC(F)F)cc2)NC(=O)N(/N=C/c2c(F)cccc2F)C1=O. The van der Waals surface area contributed by atoms with Crippen LogP contribution >= 0.6 is 0 Å². The van der Waals surface area contributed by atoms with E-state index in [1.165, 1.54) is 31.2 Å². The van der Waals surface area contributed by atoms with Gasteiger partial charge in [-0.3, -0.25) is 4.79 Å². The zero-order chi connectivity index (χ0) is 20.5. The third-order valence-electron chi connectivity index (χ3n) is 4.13. The van der Waals surface area contributed by atoms with Crippen molar-refractivity contribution < 1.29 is 31.9 Å². The topological polar surface area (TPSA) is 71.0 Å². The molecule has 0 spiro atoms. The molecular weight excluding hydrogens is 382 g/mol. The molecule has 28 heavy (non-hydrogen) atoms. The largest absolute Gasteiger partial charge is 0.435 e. The summed E-state index contributed by atoms with van der Waals surface area (Å²) in [6.45, 7) is -1.62. The average Bonchev–Trinajstić information content (AvgIpc) is 2.85. The number of hydrazone groups is 1. The molecule has 6 nitrogen and oxygen atoms in total. The number of imide groups is 1. The van der Waals surface area contributed by atoms with Gasteiger partial charge in [0.15, 0.2) is 0 Å². The van der Waals surface area contributed by atoms with Crippen LogP contribution in [-0.2, 0) is 10.3 Å². The van der Waals surface area contributed by atoms with Crippen LogP contribution in [0.15, 0.2) is 47.6 Å². The third kappa shape index (κ3) is 3.53. The Bertz CT molecular complexity index is 929. The molecule has 1 aliphatic rings. The maximum atomic E-state index is 13.7. The Hall–Kier alpha value is -3.43.